The normalized spacial score (nSPS) is 11.3. The van der Waals surface area contributed by atoms with E-state index in [9.17, 15) is 8.42 Å². The summed E-state index contributed by atoms with van der Waals surface area (Å²) >= 11 is 0. The topological polar surface area (TPSA) is 85.1 Å². The predicted octanol–water partition coefficient (Wildman–Crippen LogP) is 2.03. The Kier molecular flexibility index (Phi) is 3.82. The Labute approximate surface area is 112 Å². The molecule has 0 fully saturated rings. The Morgan fingerprint density at radius 3 is 2.74 bits per heavy atom. The number of anilines is 2. The summed E-state index contributed by atoms with van der Waals surface area (Å²) in [5, 5.41) is 8.14. The number of hydrogen-bond donors (Lipinski definition) is 2. The van der Waals surface area contributed by atoms with E-state index < -0.39 is 10.0 Å². The van der Waals surface area contributed by atoms with E-state index in [1.807, 2.05) is 24.3 Å². The van der Waals surface area contributed by atoms with Crippen LogP contribution in [-0.2, 0) is 16.4 Å². The second-order valence-corrected chi connectivity index (χ2v) is 5.60. The minimum absolute atomic E-state index is 0.0168. The SMILES string of the molecule is CCc1cccc(Nc2ncccc2S(N)(=O)=O)c1. The third-order valence-corrected chi connectivity index (χ3v) is 3.62. The fourth-order valence-corrected chi connectivity index (χ4v) is 2.36. The quantitative estimate of drug-likeness (QED) is 0.895. The first-order valence-electron chi connectivity index (χ1n) is 5.84. The van der Waals surface area contributed by atoms with Crippen LogP contribution in [0.25, 0.3) is 0 Å². The zero-order valence-electron chi connectivity index (χ0n) is 10.5. The van der Waals surface area contributed by atoms with Crippen LogP contribution in [0.15, 0.2) is 47.5 Å². The zero-order valence-corrected chi connectivity index (χ0v) is 11.3. The zero-order chi connectivity index (χ0) is 13.9. The fourth-order valence-electron chi connectivity index (χ4n) is 1.72. The predicted molar refractivity (Wildman–Crippen MR) is 74.7 cm³/mol. The lowest BCUT2D eigenvalue weighted by atomic mass is 10.1. The van der Waals surface area contributed by atoms with Gasteiger partial charge >= 0.3 is 0 Å². The Hall–Kier alpha value is -1.92. The molecule has 0 saturated heterocycles. The van der Waals surface area contributed by atoms with Gasteiger partial charge in [0.2, 0.25) is 10.0 Å². The Morgan fingerprint density at radius 2 is 2.05 bits per heavy atom. The molecule has 5 nitrogen and oxygen atoms in total. The third-order valence-electron chi connectivity index (χ3n) is 2.68. The van der Waals surface area contributed by atoms with Crippen LogP contribution < -0.4 is 10.5 Å². The van der Waals surface area contributed by atoms with E-state index in [1.54, 1.807) is 0 Å². The molecule has 0 aliphatic heterocycles. The molecule has 1 heterocycles. The molecule has 100 valence electrons. The van der Waals surface area contributed by atoms with Crippen molar-refractivity contribution in [3.8, 4) is 0 Å². The summed E-state index contributed by atoms with van der Waals surface area (Å²) in [5.41, 5.74) is 1.93. The number of aryl methyl sites for hydroxylation is 1. The van der Waals surface area contributed by atoms with Crippen LogP contribution in [0.3, 0.4) is 0 Å². The van der Waals surface area contributed by atoms with Gasteiger partial charge in [-0.1, -0.05) is 19.1 Å². The van der Waals surface area contributed by atoms with E-state index in [4.69, 9.17) is 5.14 Å². The number of benzene rings is 1. The van der Waals surface area contributed by atoms with Crippen molar-refractivity contribution in [2.45, 2.75) is 18.2 Å². The molecular weight excluding hydrogens is 262 g/mol. The number of primary sulfonamides is 1. The number of sulfonamides is 1. The number of aromatic nitrogens is 1. The van der Waals surface area contributed by atoms with Gasteiger partial charge in [-0.2, -0.15) is 0 Å². The first kappa shape index (κ1) is 13.5. The maximum Gasteiger partial charge on any atom is 0.241 e. The lowest BCUT2D eigenvalue weighted by molar-refractivity contribution is 0.598. The van der Waals surface area contributed by atoms with Crippen molar-refractivity contribution in [3.63, 3.8) is 0 Å². The molecule has 0 saturated carbocycles. The van der Waals surface area contributed by atoms with Crippen molar-refractivity contribution in [1.29, 1.82) is 0 Å². The number of pyridine rings is 1. The van der Waals surface area contributed by atoms with Gasteiger partial charge in [-0.15, -0.1) is 0 Å². The van der Waals surface area contributed by atoms with Crippen molar-refractivity contribution in [2.75, 3.05) is 5.32 Å². The summed E-state index contributed by atoms with van der Waals surface area (Å²) < 4.78 is 22.9. The summed E-state index contributed by atoms with van der Waals surface area (Å²) in [7, 11) is -3.79. The number of hydrogen-bond acceptors (Lipinski definition) is 4. The van der Waals surface area contributed by atoms with Crippen molar-refractivity contribution in [3.05, 3.63) is 48.2 Å². The second kappa shape index (κ2) is 5.38. The minimum Gasteiger partial charge on any atom is -0.339 e. The van der Waals surface area contributed by atoms with E-state index in [0.717, 1.165) is 17.7 Å². The smallest absolute Gasteiger partial charge is 0.241 e. The van der Waals surface area contributed by atoms with Gasteiger partial charge in [0.15, 0.2) is 5.82 Å². The molecule has 0 aliphatic carbocycles. The average molecular weight is 277 g/mol. The highest BCUT2D eigenvalue weighted by atomic mass is 32.2. The van der Waals surface area contributed by atoms with Gasteiger partial charge in [0.25, 0.3) is 0 Å². The lowest BCUT2D eigenvalue weighted by Crippen LogP contribution is -2.14. The van der Waals surface area contributed by atoms with Crippen LogP contribution in [0.4, 0.5) is 11.5 Å². The molecule has 0 aliphatic rings. The number of rotatable bonds is 4. The molecule has 19 heavy (non-hydrogen) atoms. The van der Waals surface area contributed by atoms with E-state index in [2.05, 4.69) is 17.2 Å². The molecule has 1 aromatic carbocycles. The van der Waals surface area contributed by atoms with Crippen LogP contribution in [0.5, 0.6) is 0 Å². The third kappa shape index (κ3) is 3.30. The Morgan fingerprint density at radius 1 is 1.26 bits per heavy atom. The Balaban J connectivity index is 2.38. The van der Waals surface area contributed by atoms with Crippen LogP contribution in [-0.4, -0.2) is 13.4 Å². The molecule has 0 spiro atoms. The van der Waals surface area contributed by atoms with Gasteiger partial charge in [-0.3, -0.25) is 0 Å². The standard InChI is InChI=1S/C13H15N3O2S/c1-2-10-5-3-6-11(9-10)16-13-12(19(14,17)18)7-4-8-15-13/h3-9H,2H2,1H3,(H,15,16)(H2,14,17,18). The fraction of sp³-hybridized carbons (Fsp3) is 0.154. The van der Waals surface area contributed by atoms with Crippen LogP contribution >= 0.6 is 0 Å². The first-order chi connectivity index (χ1) is 9.00. The minimum atomic E-state index is -3.79. The van der Waals surface area contributed by atoms with E-state index in [1.165, 1.54) is 18.3 Å². The molecule has 0 unspecified atom stereocenters. The molecule has 0 atom stereocenters. The summed E-state index contributed by atoms with van der Waals surface area (Å²) in [5.74, 6) is 0.234. The molecule has 2 aromatic rings. The summed E-state index contributed by atoms with van der Waals surface area (Å²) in [6.07, 6.45) is 2.42. The Bertz CT molecular complexity index is 684. The summed E-state index contributed by atoms with van der Waals surface area (Å²) in [4.78, 5) is 4.01. The van der Waals surface area contributed by atoms with E-state index in [0.29, 0.717) is 0 Å². The van der Waals surface area contributed by atoms with Gasteiger partial charge in [-0.25, -0.2) is 18.5 Å². The first-order valence-corrected chi connectivity index (χ1v) is 7.39. The van der Waals surface area contributed by atoms with Crippen LogP contribution in [0, 0.1) is 0 Å². The van der Waals surface area contributed by atoms with Crippen molar-refractivity contribution < 1.29 is 8.42 Å². The second-order valence-electron chi connectivity index (χ2n) is 4.07. The molecule has 0 bridgehead atoms. The van der Waals surface area contributed by atoms with E-state index in [-0.39, 0.29) is 10.7 Å². The lowest BCUT2D eigenvalue weighted by Gasteiger charge is -2.10. The van der Waals surface area contributed by atoms with Gasteiger partial charge in [0.1, 0.15) is 4.90 Å². The van der Waals surface area contributed by atoms with Gasteiger partial charge in [-0.05, 0) is 36.2 Å². The molecule has 3 N–H and O–H groups in total. The molecule has 0 amide bonds. The van der Waals surface area contributed by atoms with Crippen molar-refractivity contribution in [2.24, 2.45) is 5.14 Å². The monoisotopic (exact) mass is 277 g/mol. The highest BCUT2D eigenvalue weighted by molar-refractivity contribution is 7.89. The highest BCUT2D eigenvalue weighted by Crippen LogP contribution is 2.22. The van der Waals surface area contributed by atoms with Gasteiger partial charge < -0.3 is 5.32 Å². The molecule has 1 aromatic heterocycles. The maximum atomic E-state index is 11.5. The molecular formula is C13H15N3O2S. The summed E-state index contributed by atoms with van der Waals surface area (Å²) in [6, 6.07) is 10.7. The number of nitrogens with one attached hydrogen (secondary N) is 1. The molecule has 6 heteroatoms. The van der Waals surface area contributed by atoms with E-state index >= 15 is 0 Å². The molecule has 2 rings (SSSR count). The summed E-state index contributed by atoms with van der Waals surface area (Å²) in [6.45, 7) is 2.05. The van der Waals surface area contributed by atoms with Gasteiger partial charge in [0, 0.05) is 11.9 Å². The largest absolute Gasteiger partial charge is 0.339 e. The number of nitrogens with zero attached hydrogens (tertiary/aromatic N) is 1. The highest BCUT2D eigenvalue weighted by Gasteiger charge is 2.14. The molecule has 0 radical (unpaired) electrons. The number of nitrogens with two attached hydrogens (primary N) is 1. The van der Waals surface area contributed by atoms with Gasteiger partial charge in [0.05, 0.1) is 0 Å². The van der Waals surface area contributed by atoms with Crippen LogP contribution in [0.2, 0.25) is 0 Å². The maximum absolute atomic E-state index is 11.5. The van der Waals surface area contributed by atoms with Crippen molar-refractivity contribution >= 4 is 21.5 Å². The van der Waals surface area contributed by atoms with Crippen LogP contribution in [0.1, 0.15) is 12.5 Å². The van der Waals surface area contributed by atoms with Crippen molar-refractivity contribution in [1.82, 2.24) is 4.98 Å². The average Bonchev–Trinajstić information content (AvgIpc) is 2.38.